The summed E-state index contributed by atoms with van der Waals surface area (Å²) in [5.41, 5.74) is 5.72. The third-order valence-electron chi connectivity index (χ3n) is 5.62. The molecule has 0 saturated heterocycles. The number of benzene rings is 4. The quantitative estimate of drug-likeness (QED) is 0.315. The van der Waals surface area contributed by atoms with Gasteiger partial charge in [-0.15, -0.1) is 0 Å². The molecule has 0 bridgehead atoms. The Morgan fingerprint density at radius 2 is 1.51 bits per heavy atom. The van der Waals surface area contributed by atoms with Crippen LogP contribution in [-0.2, 0) is 6.61 Å². The van der Waals surface area contributed by atoms with Crippen molar-refractivity contribution in [3.05, 3.63) is 115 Å². The molecule has 5 rings (SSSR count). The lowest BCUT2D eigenvalue weighted by Crippen LogP contribution is -2.12. The van der Waals surface area contributed by atoms with E-state index in [4.69, 9.17) is 9.47 Å². The zero-order chi connectivity index (χ0) is 24.0. The molecule has 172 valence electrons. The van der Waals surface area contributed by atoms with Crippen LogP contribution >= 0.6 is 0 Å². The zero-order valence-electron chi connectivity index (χ0n) is 19.1. The van der Waals surface area contributed by atoms with Gasteiger partial charge < -0.3 is 14.8 Å². The highest BCUT2D eigenvalue weighted by atomic mass is 16.5. The number of rotatable bonds is 7. The first-order valence-corrected chi connectivity index (χ1v) is 11.2. The van der Waals surface area contributed by atoms with Crippen LogP contribution in [0.1, 0.15) is 15.9 Å². The second kappa shape index (κ2) is 10.1. The Morgan fingerprint density at radius 1 is 0.800 bits per heavy atom. The van der Waals surface area contributed by atoms with Crippen molar-refractivity contribution in [1.29, 1.82) is 0 Å². The van der Waals surface area contributed by atoms with Crippen LogP contribution in [-0.4, -0.2) is 23.0 Å². The molecule has 0 aliphatic heterocycles. The number of ether oxygens (including phenoxy) is 2. The predicted molar refractivity (Wildman–Crippen MR) is 137 cm³/mol. The van der Waals surface area contributed by atoms with Gasteiger partial charge in [0.25, 0.3) is 5.91 Å². The topological polar surface area (TPSA) is 73.3 Å². The number of anilines is 1. The van der Waals surface area contributed by atoms with Crippen LogP contribution in [0.4, 0.5) is 5.69 Å². The summed E-state index contributed by atoms with van der Waals surface area (Å²) >= 11 is 0. The molecule has 4 aromatic carbocycles. The maximum Gasteiger partial charge on any atom is 0.255 e. The third kappa shape index (κ3) is 5.12. The van der Waals surface area contributed by atoms with E-state index in [1.807, 2.05) is 66.7 Å². The van der Waals surface area contributed by atoms with E-state index in [0.717, 1.165) is 27.7 Å². The monoisotopic (exact) mass is 461 g/mol. The smallest absolute Gasteiger partial charge is 0.255 e. The third-order valence-corrected chi connectivity index (χ3v) is 5.62. The average molecular weight is 462 g/mol. The number of fused-ring (bicyclic) bond motifs is 1. The van der Waals surface area contributed by atoms with Crippen LogP contribution in [0.15, 0.2) is 103 Å². The van der Waals surface area contributed by atoms with Crippen molar-refractivity contribution in [2.75, 3.05) is 12.4 Å². The Balaban J connectivity index is 1.32. The van der Waals surface area contributed by atoms with Crippen LogP contribution in [0.25, 0.3) is 22.2 Å². The van der Waals surface area contributed by atoms with Gasteiger partial charge in [0, 0.05) is 18.0 Å². The molecule has 1 amide bonds. The van der Waals surface area contributed by atoms with Gasteiger partial charge in [-0.05, 0) is 65.2 Å². The van der Waals surface area contributed by atoms with Crippen LogP contribution in [0, 0.1) is 0 Å². The molecule has 0 aliphatic rings. The highest BCUT2D eigenvalue weighted by molar-refractivity contribution is 6.05. The first-order valence-electron chi connectivity index (χ1n) is 11.2. The number of amides is 1. The molecule has 6 nitrogen and oxygen atoms in total. The molecule has 35 heavy (non-hydrogen) atoms. The lowest BCUT2D eigenvalue weighted by atomic mass is 10.0. The molecular formula is C29H23N3O3. The summed E-state index contributed by atoms with van der Waals surface area (Å²) in [5.74, 6) is 1.04. The van der Waals surface area contributed by atoms with Crippen molar-refractivity contribution in [3.63, 3.8) is 0 Å². The first-order chi connectivity index (χ1) is 17.2. The molecule has 0 atom stereocenters. The fourth-order valence-corrected chi connectivity index (χ4v) is 3.77. The summed E-state index contributed by atoms with van der Waals surface area (Å²) in [5, 5.41) is 2.97. The van der Waals surface area contributed by atoms with E-state index in [1.54, 1.807) is 43.8 Å². The van der Waals surface area contributed by atoms with Crippen molar-refractivity contribution in [3.8, 4) is 22.6 Å². The lowest BCUT2D eigenvalue weighted by Gasteiger charge is -2.13. The van der Waals surface area contributed by atoms with Gasteiger partial charge in [0.15, 0.2) is 0 Å². The van der Waals surface area contributed by atoms with Gasteiger partial charge >= 0.3 is 0 Å². The number of carbonyl (C=O) groups excluding carboxylic acids is 1. The van der Waals surface area contributed by atoms with Gasteiger partial charge in [0.2, 0.25) is 0 Å². The fourth-order valence-electron chi connectivity index (χ4n) is 3.77. The van der Waals surface area contributed by atoms with E-state index in [1.165, 1.54) is 0 Å². The molecule has 1 N–H and O–H groups in total. The minimum absolute atomic E-state index is 0.237. The van der Waals surface area contributed by atoms with Gasteiger partial charge in [-0.2, -0.15) is 0 Å². The van der Waals surface area contributed by atoms with Crippen LogP contribution in [0.3, 0.4) is 0 Å². The van der Waals surface area contributed by atoms with Crippen LogP contribution in [0.5, 0.6) is 11.5 Å². The van der Waals surface area contributed by atoms with Gasteiger partial charge in [-0.1, -0.05) is 42.5 Å². The van der Waals surface area contributed by atoms with E-state index < -0.39 is 0 Å². The highest BCUT2D eigenvalue weighted by Crippen LogP contribution is 2.32. The standard InChI is InChI=1S/C29H23N3O3/c1-34-28-14-10-23(22-9-13-25-26(17-22)31-16-15-30-25)18-27(28)32-29(33)21-7-11-24(12-8-21)35-19-20-5-3-2-4-6-20/h2-18H,19H2,1H3,(H,32,33). The number of aromatic nitrogens is 2. The van der Waals surface area contributed by atoms with Crippen LogP contribution in [0.2, 0.25) is 0 Å². The van der Waals surface area contributed by atoms with E-state index >= 15 is 0 Å². The summed E-state index contributed by atoms with van der Waals surface area (Å²) in [6.07, 6.45) is 3.34. The maximum absolute atomic E-state index is 13.0. The summed E-state index contributed by atoms with van der Waals surface area (Å²) < 4.78 is 11.3. The molecular weight excluding hydrogens is 438 g/mol. The van der Waals surface area contributed by atoms with Crippen molar-refractivity contribution < 1.29 is 14.3 Å². The van der Waals surface area contributed by atoms with Crippen molar-refractivity contribution >= 4 is 22.6 Å². The zero-order valence-corrected chi connectivity index (χ0v) is 19.1. The second-order valence-electron chi connectivity index (χ2n) is 7.93. The van der Waals surface area contributed by atoms with Crippen molar-refractivity contribution in [2.45, 2.75) is 6.61 Å². The number of hydrogen-bond acceptors (Lipinski definition) is 5. The molecule has 0 fully saturated rings. The molecule has 0 radical (unpaired) electrons. The molecule has 1 heterocycles. The number of carbonyl (C=O) groups is 1. The molecule has 6 heteroatoms. The Kier molecular flexibility index (Phi) is 6.35. The second-order valence-corrected chi connectivity index (χ2v) is 7.93. The molecule has 0 aliphatic carbocycles. The maximum atomic E-state index is 13.0. The minimum atomic E-state index is -0.237. The first kappa shape index (κ1) is 22.1. The summed E-state index contributed by atoms with van der Waals surface area (Å²) in [4.78, 5) is 21.7. The highest BCUT2D eigenvalue weighted by Gasteiger charge is 2.12. The summed E-state index contributed by atoms with van der Waals surface area (Å²) in [6.45, 7) is 0.469. The van der Waals surface area contributed by atoms with E-state index in [9.17, 15) is 4.79 Å². The average Bonchev–Trinajstić information content (AvgIpc) is 2.92. The minimum Gasteiger partial charge on any atom is -0.495 e. The van der Waals surface area contributed by atoms with Crippen molar-refractivity contribution in [2.24, 2.45) is 0 Å². The van der Waals surface area contributed by atoms with E-state index in [2.05, 4.69) is 15.3 Å². The summed E-state index contributed by atoms with van der Waals surface area (Å²) in [7, 11) is 1.58. The van der Waals surface area contributed by atoms with E-state index in [0.29, 0.717) is 29.4 Å². The fraction of sp³-hybridized carbons (Fsp3) is 0.0690. The molecule has 0 saturated carbocycles. The number of methoxy groups -OCH3 is 1. The van der Waals surface area contributed by atoms with Crippen molar-refractivity contribution in [1.82, 2.24) is 9.97 Å². The van der Waals surface area contributed by atoms with Gasteiger partial charge in [-0.3, -0.25) is 14.8 Å². The molecule has 1 aromatic heterocycles. The van der Waals surface area contributed by atoms with E-state index in [-0.39, 0.29) is 5.91 Å². The normalized spacial score (nSPS) is 10.7. The van der Waals surface area contributed by atoms with Gasteiger partial charge in [-0.25, -0.2) is 0 Å². The lowest BCUT2D eigenvalue weighted by molar-refractivity contribution is 0.102. The van der Waals surface area contributed by atoms with Gasteiger partial charge in [0.1, 0.15) is 18.1 Å². The number of nitrogens with zero attached hydrogens (tertiary/aromatic N) is 2. The van der Waals surface area contributed by atoms with Gasteiger partial charge in [0.05, 0.1) is 23.8 Å². The van der Waals surface area contributed by atoms with Crippen LogP contribution < -0.4 is 14.8 Å². The Labute approximate surface area is 203 Å². The Hall–Kier alpha value is -4.71. The molecule has 0 unspecified atom stereocenters. The Bertz CT molecular complexity index is 1470. The molecule has 5 aromatic rings. The number of nitrogens with one attached hydrogen (secondary N) is 1. The predicted octanol–water partition coefficient (Wildman–Crippen LogP) is 6.14. The Morgan fingerprint density at radius 3 is 2.29 bits per heavy atom. The summed E-state index contributed by atoms with van der Waals surface area (Å²) in [6, 6.07) is 28.6. The molecule has 0 spiro atoms. The SMILES string of the molecule is COc1ccc(-c2ccc3nccnc3c2)cc1NC(=O)c1ccc(OCc2ccccc2)cc1. The largest absolute Gasteiger partial charge is 0.495 e. The number of hydrogen-bond donors (Lipinski definition) is 1.